The Balaban J connectivity index is 2.65. The summed E-state index contributed by atoms with van der Waals surface area (Å²) in [5.74, 6) is 1.01. The quantitative estimate of drug-likeness (QED) is 0.702. The Hall–Kier alpha value is -0.300. The van der Waals surface area contributed by atoms with E-state index < -0.39 is 0 Å². The van der Waals surface area contributed by atoms with Crippen molar-refractivity contribution in [3.8, 4) is 0 Å². The van der Waals surface area contributed by atoms with Gasteiger partial charge in [-0.3, -0.25) is 0 Å². The predicted molar refractivity (Wildman–Crippen MR) is 65.7 cm³/mol. The average Bonchev–Trinajstić information content (AvgIpc) is 2.39. The van der Waals surface area contributed by atoms with E-state index in [1.165, 1.54) is 12.8 Å². The molecular formula is C14H26O. The van der Waals surface area contributed by atoms with Crippen molar-refractivity contribution in [2.75, 3.05) is 6.61 Å². The first-order valence-electron chi connectivity index (χ1n) is 6.11. The zero-order chi connectivity index (χ0) is 11.7. The van der Waals surface area contributed by atoms with Gasteiger partial charge in [-0.2, -0.15) is 0 Å². The van der Waals surface area contributed by atoms with Gasteiger partial charge < -0.3 is 5.11 Å². The lowest BCUT2D eigenvalue weighted by Crippen LogP contribution is -2.33. The Labute approximate surface area is 94.6 Å². The molecule has 1 heteroatoms. The SMILES string of the molecule is CC(CO)C(C)CC1(C)CC=CC1(C)C. The highest BCUT2D eigenvalue weighted by molar-refractivity contribution is 5.13. The lowest BCUT2D eigenvalue weighted by molar-refractivity contribution is 0.0905. The molecule has 1 nitrogen and oxygen atoms in total. The summed E-state index contributed by atoms with van der Waals surface area (Å²) in [5, 5.41) is 9.18. The third kappa shape index (κ3) is 2.44. The van der Waals surface area contributed by atoms with E-state index in [9.17, 15) is 5.11 Å². The molecule has 15 heavy (non-hydrogen) atoms. The van der Waals surface area contributed by atoms with Crippen LogP contribution in [0.15, 0.2) is 12.2 Å². The summed E-state index contributed by atoms with van der Waals surface area (Å²) in [6, 6.07) is 0. The van der Waals surface area contributed by atoms with Crippen molar-refractivity contribution in [2.24, 2.45) is 22.7 Å². The molecule has 0 radical (unpaired) electrons. The van der Waals surface area contributed by atoms with Gasteiger partial charge in [0, 0.05) is 6.61 Å². The molecule has 0 aromatic rings. The summed E-state index contributed by atoms with van der Waals surface area (Å²) >= 11 is 0. The lowest BCUT2D eigenvalue weighted by Gasteiger charge is -2.41. The molecule has 0 aromatic heterocycles. The number of rotatable bonds is 4. The Morgan fingerprint density at radius 1 is 1.20 bits per heavy atom. The first-order valence-corrected chi connectivity index (χ1v) is 6.11. The van der Waals surface area contributed by atoms with Crippen LogP contribution < -0.4 is 0 Å². The van der Waals surface area contributed by atoms with Gasteiger partial charge >= 0.3 is 0 Å². The lowest BCUT2D eigenvalue weighted by atomic mass is 9.64. The van der Waals surface area contributed by atoms with Gasteiger partial charge in [0.1, 0.15) is 0 Å². The number of aliphatic hydroxyl groups excluding tert-OH is 1. The second kappa shape index (κ2) is 4.29. The van der Waals surface area contributed by atoms with Crippen LogP contribution in [0.4, 0.5) is 0 Å². The molecule has 0 aliphatic heterocycles. The summed E-state index contributed by atoms with van der Waals surface area (Å²) in [6.45, 7) is 11.8. The minimum atomic E-state index is 0.302. The van der Waals surface area contributed by atoms with Crippen LogP contribution in [0.25, 0.3) is 0 Å². The van der Waals surface area contributed by atoms with Crippen molar-refractivity contribution in [1.29, 1.82) is 0 Å². The second-order valence-corrected chi connectivity index (χ2v) is 6.23. The van der Waals surface area contributed by atoms with Crippen LogP contribution in [0.3, 0.4) is 0 Å². The average molecular weight is 210 g/mol. The van der Waals surface area contributed by atoms with E-state index in [0.717, 1.165) is 0 Å². The molecule has 0 spiro atoms. The molecule has 1 aliphatic rings. The Bertz CT molecular complexity index is 242. The van der Waals surface area contributed by atoms with Crippen LogP contribution >= 0.6 is 0 Å². The maximum absolute atomic E-state index is 9.18. The predicted octanol–water partition coefficient (Wildman–Crippen LogP) is 3.63. The monoisotopic (exact) mass is 210 g/mol. The molecule has 1 rings (SSSR count). The van der Waals surface area contributed by atoms with Crippen LogP contribution in [0, 0.1) is 22.7 Å². The molecule has 1 aliphatic carbocycles. The minimum absolute atomic E-state index is 0.302. The molecule has 1 N–H and O–H groups in total. The van der Waals surface area contributed by atoms with Crippen LogP contribution in [0.5, 0.6) is 0 Å². The summed E-state index contributed by atoms with van der Waals surface area (Å²) in [7, 11) is 0. The van der Waals surface area contributed by atoms with Gasteiger partial charge in [0.25, 0.3) is 0 Å². The normalized spacial score (nSPS) is 32.9. The number of hydrogen-bond acceptors (Lipinski definition) is 1. The fraction of sp³-hybridized carbons (Fsp3) is 0.857. The molecule has 0 amide bonds. The van der Waals surface area contributed by atoms with E-state index in [2.05, 4.69) is 46.8 Å². The third-order valence-electron chi connectivity index (χ3n) is 4.69. The zero-order valence-corrected chi connectivity index (χ0v) is 10.9. The highest BCUT2D eigenvalue weighted by Crippen LogP contribution is 2.52. The van der Waals surface area contributed by atoms with Gasteiger partial charge in [0.05, 0.1) is 0 Å². The van der Waals surface area contributed by atoms with Crippen LogP contribution in [-0.2, 0) is 0 Å². The van der Waals surface area contributed by atoms with Crippen molar-refractivity contribution in [3.05, 3.63) is 12.2 Å². The van der Waals surface area contributed by atoms with Gasteiger partial charge in [-0.15, -0.1) is 0 Å². The topological polar surface area (TPSA) is 20.2 Å². The molecule has 88 valence electrons. The molecule has 0 fully saturated rings. The van der Waals surface area contributed by atoms with Crippen molar-refractivity contribution in [2.45, 2.75) is 47.5 Å². The van der Waals surface area contributed by atoms with Crippen molar-refractivity contribution in [1.82, 2.24) is 0 Å². The minimum Gasteiger partial charge on any atom is -0.396 e. The fourth-order valence-corrected chi connectivity index (χ4v) is 2.52. The van der Waals surface area contributed by atoms with Gasteiger partial charge in [-0.25, -0.2) is 0 Å². The highest BCUT2D eigenvalue weighted by Gasteiger charge is 2.42. The van der Waals surface area contributed by atoms with E-state index in [4.69, 9.17) is 0 Å². The molecule has 3 unspecified atom stereocenters. The van der Waals surface area contributed by atoms with E-state index in [1.54, 1.807) is 0 Å². The van der Waals surface area contributed by atoms with Gasteiger partial charge in [-0.05, 0) is 35.5 Å². The van der Waals surface area contributed by atoms with Crippen LogP contribution in [0.1, 0.15) is 47.5 Å². The molecule has 0 aromatic carbocycles. The maximum atomic E-state index is 9.18. The van der Waals surface area contributed by atoms with Crippen LogP contribution in [0.2, 0.25) is 0 Å². The van der Waals surface area contributed by atoms with E-state index in [1.807, 2.05) is 0 Å². The first-order chi connectivity index (χ1) is 6.82. The summed E-state index contributed by atoms with van der Waals surface area (Å²) in [6.07, 6.45) is 7.05. The largest absolute Gasteiger partial charge is 0.396 e. The first kappa shape index (κ1) is 12.8. The summed E-state index contributed by atoms with van der Waals surface area (Å²) < 4.78 is 0. The molecule has 0 saturated carbocycles. The summed E-state index contributed by atoms with van der Waals surface area (Å²) in [4.78, 5) is 0. The molecule has 0 bridgehead atoms. The number of allylic oxidation sites excluding steroid dienone is 2. The Morgan fingerprint density at radius 2 is 1.80 bits per heavy atom. The molecular weight excluding hydrogens is 184 g/mol. The number of hydrogen-bond donors (Lipinski definition) is 1. The van der Waals surface area contributed by atoms with Gasteiger partial charge in [0.2, 0.25) is 0 Å². The highest BCUT2D eigenvalue weighted by atomic mass is 16.3. The molecule has 3 atom stereocenters. The van der Waals surface area contributed by atoms with Gasteiger partial charge in [-0.1, -0.05) is 46.8 Å². The molecule has 0 saturated heterocycles. The van der Waals surface area contributed by atoms with Crippen molar-refractivity contribution >= 4 is 0 Å². The van der Waals surface area contributed by atoms with Gasteiger partial charge in [0.15, 0.2) is 0 Å². The standard InChI is InChI=1S/C14H26O/c1-11(12(2)10-15)9-14(5)8-6-7-13(14,3)4/h6-7,11-12,15H,8-10H2,1-5H3. The maximum Gasteiger partial charge on any atom is 0.0459 e. The van der Waals surface area contributed by atoms with E-state index in [0.29, 0.717) is 29.3 Å². The van der Waals surface area contributed by atoms with Crippen molar-refractivity contribution < 1.29 is 5.11 Å². The second-order valence-electron chi connectivity index (χ2n) is 6.23. The Morgan fingerprint density at radius 3 is 2.20 bits per heavy atom. The Kier molecular flexibility index (Phi) is 3.65. The fourth-order valence-electron chi connectivity index (χ4n) is 2.52. The van der Waals surface area contributed by atoms with Crippen molar-refractivity contribution in [3.63, 3.8) is 0 Å². The third-order valence-corrected chi connectivity index (χ3v) is 4.69. The van der Waals surface area contributed by atoms with E-state index in [-0.39, 0.29) is 0 Å². The summed E-state index contributed by atoms with van der Waals surface area (Å²) in [5.41, 5.74) is 0.673. The zero-order valence-electron chi connectivity index (χ0n) is 10.9. The molecule has 0 heterocycles. The van der Waals surface area contributed by atoms with E-state index >= 15 is 0 Å². The number of aliphatic hydroxyl groups is 1. The van der Waals surface area contributed by atoms with Crippen LogP contribution in [-0.4, -0.2) is 11.7 Å². The smallest absolute Gasteiger partial charge is 0.0459 e.